The van der Waals surface area contributed by atoms with Gasteiger partial charge in [-0.15, -0.1) is 0 Å². The Kier molecular flexibility index (Phi) is 4.22. The van der Waals surface area contributed by atoms with E-state index in [0.29, 0.717) is 0 Å². The lowest BCUT2D eigenvalue weighted by Gasteiger charge is -2.16. The van der Waals surface area contributed by atoms with Crippen molar-refractivity contribution in [1.29, 1.82) is 0 Å². The highest BCUT2D eigenvalue weighted by molar-refractivity contribution is 5.95. The summed E-state index contributed by atoms with van der Waals surface area (Å²) in [7, 11) is 0. The van der Waals surface area contributed by atoms with E-state index in [1.807, 2.05) is 30.5 Å². The van der Waals surface area contributed by atoms with Crippen molar-refractivity contribution in [2.45, 2.75) is 13.8 Å². The van der Waals surface area contributed by atoms with E-state index in [2.05, 4.69) is 85.1 Å². The van der Waals surface area contributed by atoms with Gasteiger partial charge in [-0.2, -0.15) is 0 Å². The number of rotatable bonds is 3. The molecule has 0 bridgehead atoms. The topological polar surface area (TPSA) is 31.0 Å². The van der Waals surface area contributed by atoms with Crippen LogP contribution in [-0.2, 0) is 0 Å². The Hall–Kier alpha value is -4.11. The van der Waals surface area contributed by atoms with Gasteiger partial charge in [-0.1, -0.05) is 60.7 Å². The molecule has 0 saturated heterocycles. The summed E-state index contributed by atoms with van der Waals surface area (Å²) in [4.78, 5) is 5.02. The minimum Gasteiger partial charge on any atom is -0.464 e. The van der Waals surface area contributed by atoms with Gasteiger partial charge in [0, 0.05) is 11.1 Å². The molecule has 0 N–H and O–H groups in total. The number of nitrogens with zero attached hydrogens (tertiary/aromatic N) is 2. The van der Waals surface area contributed by atoms with Gasteiger partial charge in [0.1, 0.15) is 17.7 Å². The summed E-state index contributed by atoms with van der Waals surface area (Å²) in [5.74, 6) is 0.891. The van der Waals surface area contributed by atoms with Crippen LogP contribution in [0.5, 0.6) is 0 Å². The Bertz CT molecular complexity index is 1570. The van der Waals surface area contributed by atoms with Crippen molar-refractivity contribution >= 4 is 22.0 Å². The fraction of sp³-hybridized carbons (Fsp3) is 0.0690. The monoisotopic (exact) mass is 414 g/mol. The van der Waals surface area contributed by atoms with Gasteiger partial charge in [-0.05, 0) is 66.4 Å². The molecular weight excluding hydrogens is 392 g/mol. The Morgan fingerprint density at radius 1 is 0.750 bits per heavy atom. The zero-order valence-corrected chi connectivity index (χ0v) is 18.0. The number of benzene rings is 4. The van der Waals surface area contributed by atoms with Crippen molar-refractivity contribution in [3.63, 3.8) is 0 Å². The predicted molar refractivity (Wildman–Crippen MR) is 131 cm³/mol. The van der Waals surface area contributed by atoms with Crippen LogP contribution in [0.4, 0.5) is 0 Å². The average Bonchev–Trinajstić information content (AvgIpc) is 3.40. The van der Waals surface area contributed by atoms with Crippen molar-refractivity contribution in [3.8, 4) is 28.2 Å². The molecule has 3 heteroatoms. The zero-order valence-electron chi connectivity index (χ0n) is 18.0. The lowest BCUT2D eigenvalue weighted by atomic mass is 9.95. The first-order valence-corrected chi connectivity index (χ1v) is 10.8. The molecule has 6 rings (SSSR count). The molecule has 0 saturated carbocycles. The van der Waals surface area contributed by atoms with Crippen LogP contribution in [0, 0.1) is 13.8 Å². The molecule has 6 aromatic rings. The molecule has 2 aromatic heterocycles. The van der Waals surface area contributed by atoms with E-state index in [9.17, 15) is 0 Å². The summed E-state index contributed by atoms with van der Waals surface area (Å²) < 4.78 is 8.11. The maximum absolute atomic E-state index is 5.86. The molecule has 0 aliphatic carbocycles. The van der Waals surface area contributed by atoms with Crippen LogP contribution in [0.25, 0.3) is 50.2 Å². The highest BCUT2D eigenvalue weighted by Gasteiger charge is 2.19. The summed E-state index contributed by atoms with van der Waals surface area (Å²) in [6, 6.07) is 31.5. The Balaban J connectivity index is 1.63. The summed E-state index contributed by atoms with van der Waals surface area (Å²) in [5, 5.41) is 1.07. The van der Waals surface area contributed by atoms with E-state index in [4.69, 9.17) is 9.40 Å². The van der Waals surface area contributed by atoms with Gasteiger partial charge in [-0.25, -0.2) is 4.98 Å². The smallest absolute Gasteiger partial charge is 0.149 e. The molecule has 0 amide bonds. The SMILES string of the molecule is Cc1cc(-n2c(-c3coc4ccccc34)nc3ccccc32)cc(C)c1-c1ccccc1. The standard InChI is InChI=1S/C29H22N2O/c1-19-16-22(17-20(2)28(19)21-10-4-3-5-11-21)31-26-14-8-7-13-25(26)30-29(31)24-18-32-27-15-9-6-12-23(24)27/h3-18H,1-2H3. The fourth-order valence-electron chi connectivity index (χ4n) is 4.75. The second kappa shape index (κ2) is 7.24. The van der Waals surface area contributed by atoms with Crippen LogP contribution >= 0.6 is 0 Å². The van der Waals surface area contributed by atoms with Gasteiger partial charge in [-0.3, -0.25) is 4.57 Å². The van der Waals surface area contributed by atoms with Gasteiger partial charge >= 0.3 is 0 Å². The van der Waals surface area contributed by atoms with Crippen molar-refractivity contribution in [2.24, 2.45) is 0 Å². The second-order valence-corrected chi connectivity index (χ2v) is 8.23. The van der Waals surface area contributed by atoms with Crippen LogP contribution < -0.4 is 0 Å². The third-order valence-electron chi connectivity index (χ3n) is 6.12. The molecule has 154 valence electrons. The number of para-hydroxylation sites is 3. The Morgan fingerprint density at radius 2 is 1.44 bits per heavy atom. The molecule has 0 radical (unpaired) electrons. The first kappa shape index (κ1) is 18.6. The number of hydrogen-bond donors (Lipinski definition) is 0. The van der Waals surface area contributed by atoms with E-state index in [0.717, 1.165) is 39.1 Å². The highest BCUT2D eigenvalue weighted by Crippen LogP contribution is 2.36. The summed E-state index contributed by atoms with van der Waals surface area (Å²) >= 11 is 0. The third kappa shape index (κ3) is 2.86. The molecule has 4 aromatic carbocycles. The first-order valence-electron chi connectivity index (χ1n) is 10.8. The van der Waals surface area contributed by atoms with E-state index >= 15 is 0 Å². The molecule has 3 nitrogen and oxygen atoms in total. The highest BCUT2D eigenvalue weighted by atomic mass is 16.3. The van der Waals surface area contributed by atoms with E-state index < -0.39 is 0 Å². The van der Waals surface area contributed by atoms with Gasteiger partial charge in [0.15, 0.2) is 0 Å². The molecule has 0 aliphatic rings. The van der Waals surface area contributed by atoms with Gasteiger partial charge < -0.3 is 4.42 Å². The quantitative estimate of drug-likeness (QED) is 0.297. The van der Waals surface area contributed by atoms with E-state index in [-0.39, 0.29) is 0 Å². The fourth-order valence-corrected chi connectivity index (χ4v) is 4.75. The largest absolute Gasteiger partial charge is 0.464 e. The summed E-state index contributed by atoms with van der Waals surface area (Å²) in [6.45, 7) is 4.37. The van der Waals surface area contributed by atoms with Crippen molar-refractivity contribution in [1.82, 2.24) is 9.55 Å². The molecule has 2 heterocycles. The maximum atomic E-state index is 5.86. The van der Waals surface area contributed by atoms with Crippen LogP contribution in [0.3, 0.4) is 0 Å². The number of imidazole rings is 1. The van der Waals surface area contributed by atoms with Crippen LogP contribution in [0.1, 0.15) is 11.1 Å². The van der Waals surface area contributed by atoms with Gasteiger partial charge in [0.05, 0.1) is 16.6 Å². The Morgan fingerprint density at radius 3 is 2.25 bits per heavy atom. The van der Waals surface area contributed by atoms with Crippen molar-refractivity contribution in [3.05, 3.63) is 108 Å². The lowest BCUT2D eigenvalue weighted by molar-refractivity contribution is 0.616. The molecular formula is C29H22N2O. The van der Waals surface area contributed by atoms with E-state index in [1.165, 1.54) is 22.3 Å². The molecule has 0 atom stereocenters. The molecule has 0 fully saturated rings. The first-order chi connectivity index (χ1) is 15.7. The van der Waals surface area contributed by atoms with Gasteiger partial charge in [0.2, 0.25) is 0 Å². The number of fused-ring (bicyclic) bond motifs is 2. The minimum atomic E-state index is 0.868. The maximum Gasteiger partial charge on any atom is 0.149 e. The molecule has 0 unspecified atom stereocenters. The minimum absolute atomic E-state index is 0.868. The van der Waals surface area contributed by atoms with Crippen LogP contribution in [0.2, 0.25) is 0 Å². The molecule has 32 heavy (non-hydrogen) atoms. The van der Waals surface area contributed by atoms with Gasteiger partial charge in [0.25, 0.3) is 0 Å². The zero-order chi connectivity index (χ0) is 21.7. The molecule has 0 aliphatic heterocycles. The third-order valence-corrected chi connectivity index (χ3v) is 6.12. The number of aryl methyl sites for hydroxylation is 2. The van der Waals surface area contributed by atoms with Crippen molar-refractivity contribution < 1.29 is 4.42 Å². The van der Waals surface area contributed by atoms with Crippen LogP contribution in [0.15, 0.2) is 102 Å². The lowest BCUT2D eigenvalue weighted by Crippen LogP contribution is -2.00. The normalized spacial score (nSPS) is 11.4. The van der Waals surface area contributed by atoms with E-state index in [1.54, 1.807) is 0 Å². The second-order valence-electron chi connectivity index (χ2n) is 8.23. The predicted octanol–water partition coefficient (Wildman–Crippen LogP) is 7.72. The number of hydrogen-bond acceptors (Lipinski definition) is 2. The Labute approximate surface area is 186 Å². The average molecular weight is 415 g/mol. The molecule has 0 spiro atoms. The number of aromatic nitrogens is 2. The number of furan rings is 1. The summed E-state index contributed by atoms with van der Waals surface area (Å²) in [6.07, 6.45) is 1.82. The summed E-state index contributed by atoms with van der Waals surface area (Å²) in [5.41, 5.74) is 10.0. The van der Waals surface area contributed by atoms with Crippen LogP contribution in [-0.4, -0.2) is 9.55 Å². The van der Waals surface area contributed by atoms with Crippen molar-refractivity contribution in [2.75, 3.05) is 0 Å².